The van der Waals surface area contributed by atoms with Crippen molar-refractivity contribution in [3.63, 3.8) is 0 Å². The van der Waals surface area contributed by atoms with Crippen molar-refractivity contribution in [1.29, 1.82) is 0 Å². The van der Waals surface area contributed by atoms with Gasteiger partial charge in [-0.2, -0.15) is 0 Å². The molecule has 0 amide bonds. The Hall–Kier alpha value is -0.450. The van der Waals surface area contributed by atoms with E-state index in [0.29, 0.717) is 6.61 Å². The second kappa shape index (κ2) is 2.52. The quantitative estimate of drug-likeness (QED) is 0.526. The van der Waals surface area contributed by atoms with Crippen molar-refractivity contribution in [2.45, 2.75) is 37.9 Å². The molecule has 2 aliphatic heterocycles. The average Bonchev–Trinajstić information content (AvgIpc) is 2.42. The van der Waals surface area contributed by atoms with Crippen LogP contribution >= 0.6 is 0 Å². The molecule has 0 aromatic carbocycles. The summed E-state index contributed by atoms with van der Waals surface area (Å²) in [5.74, 6) is -0.569. The smallest absolute Gasteiger partial charge is 0.164 e. The van der Waals surface area contributed by atoms with Gasteiger partial charge in [-0.05, 0) is 13.8 Å². The van der Waals surface area contributed by atoms with Gasteiger partial charge in [0.2, 0.25) is 0 Å². The number of fused-ring (bicyclic) bond motifs is 1. The van der Waals surface area contributed by atoms with Gasteiger partial charge in [0.25, 0.3) is 0 Å². The third-order valence-electron chi connectivity index (χ3n) is 2.13. The van der Waals surface area contributed by atoms with Crippen LogP contribution in [0.2, 0.25) is 0 Å². The van der Waals surface area contributed by atoms with Gasteiger partial charge in [-0.3, -0.25) is 0 Å². The van der Waals surface area contributed by atoms with Crippen molar-refractivity contribution in [3.8, 4) is 0 Å². The van der Waals surface area contributed by atoms with Crippen LogP contribution < -0.4 is 0 Å². The van der Waals surface area contributed by atoms with Crippen LogP contribution in [0.3, 0.4) is 0 Å². The number of ether oxygens (including phenoxy) is 3. The monoisotopic (exact) mass is 172 g/mol. The Morgan fingerprint density at radius 3 is 2.83 bits per heavy atom. The lowest BCUT2D eigenvalue weighted by atomic mass is 10.2. The lowest BCUT2D eigenvalue weighted by Gasteiger charge is -2.19. The molecule has 2 saturated heterocycles. The molecule has 4 heteroatoms. The van der Waals surface area contributed by atoms with Crippen molar-refractivity contribution in [2.24, 2.45) is 0 Å². The summed E-state index contributed by atoms with van der Waals surface area (Å²) in [7, 11) is 0. The van der Waals surface area contributed by atoms with Gasteiger partial charge in [0.1, 0.15) is 18.3 Å². The van der Waals surface area contributed by atoms with E-state index >= 15 is 0 Å². The molecular formula is C8H12O4. The lowest BCUT2D eigenvalue weighted by Crippen LogP contribution is -2.30. The molecule has 2 heterocycles. The Balaban J connectivity index is 2.11. The number of hydrogen-bond donors (Lipinski definition) is 0. The van der Waals surface area contributed by atoms with Crippen LogP contribution in [0.5, 0.6) is 0 Å². The van der Waals surface area contributed by atoms with Crippen LogP contribution in [0.4, 0.5) is 0 Å². The molecule has 12 heavy (non-hydrogen) atoms. The fourth-order valence-corrected chi connectivity index (χ4v) is 1.69. The van der Waals surface area contributed by atoms with Gasteiger partial charge in [-0.25, -0.2) is 0 Å². The van der Waals surface area contributed by atoms with Gasteiger partial charge in [-0.1, -0.05) is 0 Å². The van der Waals surface area contributed by atoms with Gasteiger partial charge in [0.05, 0.1) is 6.61 Å². The van der Waals surface area contributed by atoms with Crippen LogP contribution in [0, 0.1) is 0 Å². The average molecular weight is 172 g/mol. The number of hydrogen-bond acceptors (Lipinski definition) is 4. The summed E-state index contributed by atoms with van der Waals surface area (Å²) in [5, 5.41) is 0. The molecule has 0 N–H and O–H groups in total. The van der Waals surface area contributed by atoms with E-state index in [1.807, 2.05) is 13.8 Å². The fourth-order valence-electron chi connectivity index (χ4n) is 1.69. The van der Waals surface area contributed by atoms with E-state index in [1.54, 1.807) is 0 Å². The molecular weight excluding hydrogens is 160 g/mol. The van der Waals surface area contributed by atoms with Crippen LogP contribution in [0.1, 0.15) is 13.8 Å². The van der Waals surface area contributed by atoms with Crippen molar-refractivity contribution in [3.05, 3.63) is 0 Å². The minimum Gasteiger partial charge on any atom is -0.365 e. The van der Waals surface area contributed by atoms with Crippen molar-refractivity contribution in [1.82, 2.24) is 0 Å². The predicted octanol–water partition coefficient (Wildman–Crippen LogP) is 0.104. The van der Waals surface area contributed by atoms with Crippen LogP contribution in [0.25, 0.3) is 0 Å². The van der Waals surface area contributed by atoms with Crippen molar-refractivity contribution >= 4 is 6.29 Å². The number of rotatable bonds is 1. The Morgan fingerprint density at radius 1 is 1.42 bits per heavy atom. The molecule has 0 spiro atoms. The third-order valence-corrected chi connectivity index (χ3v) is 2.13. The zero-order valence-corrected chi connectivity index (χ0v) is 7.15. The van der Waals surface area contributed by atoms with E-state index in [-0.39, 0.29) is 12.2 Å². The normalized spacial score (nSPS) is 44.3. The van der Waals surface area contributed by atoms with Crippen LogP contribution in [-0.2, 0) is 19.0 Å². The second-order valence-electron chi connectivity index (χ2n) is 3.57. The Kier molecular flexibility index (Phi) is 1.71. The highest BCUT2D eigenvalue weighted by Crippen LogP contribution is 2.34. The maximum Gasteiger partial charge on any atom is 0.164 e. The highest BCUT2D eigenvalue weighted by Gasteiger charge is 2.49. The first-order valence-electron chi connectivity index (χ1n) is 4.05. The standard InChI is InChI=1S/C8H12O4/c1-8(2)11-6-4-10-5(3-9)7(6)12-8/h3,5-7H,4H2,1-2H3. The van der Waals surface area contributed by atoms with Crippen molar-refractivity contribution in [2.75, 3.05) is 6.61 Å². The first-order valence-corrected chi connectivity index (χ1v) is 4.05. The van der Waals surface area contributed by atoms with Crippen LogP contribution in [-0.4, -0.2) is 37.0 Å². The fraction of sp³-hybridized carbons (Fsp3) is 0.875. The predicted molar refractivity (Wildman–Crippen MR) is 39.6 cm³/mol. The molecule has 2 aliphatic rings. The SMILES string of the molecule is CC1(C)OC2COC(C=O)C2O1. The van der Waals surface area contributed by atoms with Crippen molar-refractivity contribution < 1.29 is 19.0 Å². The molecule has 0 aliphatic carbocycles. The summed E-state index contributed by atoms with van der Waals surface area (Å²) in [5.41, 5.74) is 0. The summed E-state index contributed by atoms with van der Waals surface area (Å²) < 4.78 is 16.1. The topological polar surface area (TPSA) is 44.8 Å². The summed E-state index contributed by atoms with van der Waals surface area (Å²) in [4.78, 5) is 10.5. The van der Waals surface area contributed by atoms with E-state index in [9.17, 15) is 4.79 Å². The zero-order valence-electron chi connectivity index (χ0n) is 7.15. The maximum atomic E-state index is 10.5. The third kappa shape index (κ3) is 1.16. The Morgan fingerprint density at radius 2 is 2.17 bits per heavy atom. The van der Waals surface area contributed by atoms with Gasteiger partial charge >= 0.3 is 0 Å². The summed E-state index contributed by atoms with van der Waals surface area (Å²) in [6.07, 6.45) is 0.0413. The molecule has 0 aromatic heterocycles. The van der Waals surface area contributed by atoms with E-state index in [4.69, 9.17) is 14.2 Å². The Labute approximate surface area is 70.8 Å². The molecule has 3 unspecified atom stereocenters. The van der Waals surface area contributed by atoms with Gasteiger partial charge in [0, 0.05) is 0 Å². The molecule has 0 saturated carbocycles. The summed E-state index contributed by atoms with van der Waals surface area (Å²) >= 11 is 0. The molecule has 3 atom stereocenters. The molecule has 2 rings (SSSR count). The number of aldehydes is 1. The highest BCUT2D eigenvalue weighted by atomic mass is 16.8. The van der Waals surface area contributed by atoms with Gasteiger partial charge < -0.3 is 19.0 Å². The lowest BCUT2D eigenvalue weighted by molar-refractivity contribution is -0.174. The largest absolute Gasteiger partial charge is 0.365 e. The van der Waals surface area contributed by atoms with E-state index in [0.717, 1.165) is 6.29 Å². The zero-order chi connectivity index (χ0) is 8.77. The van der Waals surface area contributed by atoms with E-state index < -0.39 is 11.9 Å². The molecule has 2 fully saturated rings. The van der Waals surface area contributed by atoms with E-state index in [2.05, 4.69) is 0 Å². The summed E-state index contributed by atoms with van der Waals surface area (Å²) in [6.45, 7) is 4.14. The molecule has 0 radical (unpaired) electrons. The van der Waals surface area contributed by atoms with Gasteiger partial charge in [-0.15, -0.1) is 0 Å². The van der Waals surface area contributed by atoms with Crippen LogP contribution in [0.15, 0.2) is 0 Å². The first kappa shape index (κ1) is 8.16. The second-order valence-corrected chi connectivity index (χ2v) is 3.57. The first-order chi connectivity index (χ1) is 5.62. The number of carbonyl (C=O) groups is 1. The number of carbonyl (C=O) groups excluding carboxylic acids is 1. The minimum absolute atomic E-state index is 0.0739. The maximum absolute atomic E-state index is 10.5. The summed E-state index contributed by atoms with van der Waals surface area (Å²) in [6, 6.07) is 0. The molecule has 68 valence electrons. The Bertz CT molecular complexity index is 201. The molecule has 0 aromatic rings. The molecule has 0 bridgehead atoms. The minimum atomic E-state index is -0.569. The van der Waals surface area contributed by atoms with E-state index in [1.165, 1.54) is 0 Å². The van der Waals surface area contributed by atoms with Gasteiger partial charge in [0.15, 0.2) is 12.1 Å². The highest BCUT2D eigenvalue weighted by molar-refractivity contribution is 5.58. The molecule has 4 nitrogen and oxygen atoms in total.